The van der Waals surface area contributed by atoms with E-state index in [4.69, 9.17) is 4.74 Å². The van der Waals surface area contributed by atoms with E-state index in [1.54, 1.807) is 0 Å². The van der Waals surface area contributed by atoms with Crippen molar-refractivity contribution in [3.63, 3.8) is 0 Å². The van der Waals surface area contributed by atoms with Crippen LogP contribution < -0.4 is 5.32 Å². The van der Waals surface area contributed by atoms with Gasteiger partial charge >= 0.3 is 5.97 Å². The van der Waals surface area contributed by atoms with E-state index in [-0.39, 0.29) is 11.3 Å². The third kappa shape index (κ3) is 4.60. The molecule has 1 N–H and O–H groups in total. The lowest BCUT2D eigenvalue weighted by atomic mass is 10.1. The molecule has 0 bridgehead atoms. The zero-order chi connectivity index (χ0) is 18.6. The van der Waals surface area contributed by atoms with Crippen molar-refractivity contribution in [2.24, 2.45) is 0 Å². The highest BCUT2D eigenvalue weighted by atomic mass is 19.1. The first kappa shape index (κ1) is 18.1. The number of carbonyl (C=O) groups excluding carboxylic acids is 2. The number of hydrogen-bond donors (Lipinski definition) is 1. The third-order valence-corrected chi connectivity index (χ3v) is 3.39. The molecule has 0 aromatic heterocycles. The lowest BCUT2D eigenvalue weighted by molar-refractivity contribution is -0.385. The van der Waals surface area contributed by atoms with Gasteiger partial charge in [0.2, 0.25) is 0 Å². The number of aryl methyl sites for hydroxylation is 1. The third-order valence-electron chi connectivity index (χ3n) is 3.39. The summed E-state index contributed by atoms with van der Waals surface area (Å²) in [5.41, 5.74) is 0.659. The smallest absolute Gasteiger partial charge is 0.338 e. The molecule has 25 heavy (non-hydrogen) atoms. The molecular formula is C17H15FN2O5. The van der Waals surface area contributed by atoms with Crippen molar-refractivity contribution in [3.8, 4) is 0 Å². The normalized spacial score (nSPS) is 11.5. The number of halogens is 1. The fourth-order valence-corrected chi connectivity index (χ4v) is 2.05. The van der Waals surface area contributed by atoms with Crippen LogP contribution in [0.25, 0.3) is 0 Å². The Kier molecular flexibility index (Phi) is 5.43. The number of nitro groups is 1. The molecule has 0 spiro atoms. The maximum absolute atomic E-state index is 12.8. The molecule has 1 unspecified atom stereocenters. The molecular weight excluding hydrogens is 331 g/mol. The van der Waals surface area contributed by atoms with Crippen molar-refractivity contribution in [1.29, 1.82) is 0 Å². The van der Waals surface area contributed by atoms with E-state index < -0.39 is 28.7 Å². The zero-order valence-electron chi connectivity index (χ0n) is 13.5. The van der Waals surface area contributed by atoms with E-state index in [9.17, 15) is 24.1 Å². The Balaban J connectivity index is 2.01. The highest BCUT2D eigenvalue weighted by molar-refractivity contribution is 5.97. The molecule has 2 aromatic carbocycles. The van der Waals surface area contributed by atoms with Gasteiger partial charge in [0.25, 0.3) is 11.6 Å². The molecule has 0 aliphatic carbocycles. The van der Waals surface area contributed by atoms with Crippen molar-refractivity contribution < 1.29 is 23.6 Å². The Labute approximate surface area is 142 Å². The highest BCUT2D eigenvalue weighted by Crippen LogP contribution is 2.19. The second kappa shape index (κ2) is 7.52. The molecule has 130 valence electrons. The van der Waals surface area contributed by atoms with Crippen molar-refractivity contribution in [3.05, 3.63) is 69.5 Å². The van der Waals surface area contributed by atoms with Crippen LogP contribution in [0.2, 0.25) is 0 Å². The van der Waals surface area contributed by atoms with Gasteiger partial charge < -0.3 is 10.1 Å². The van der Waals surface area contributed by atoms with Crippen LogP contribution in [0.15, 0.2) is 42.5 Å². The summed E-state index contributed by atoms with van der Waals surface area (Å²) >= 11 is 0. The first-order valence-electron chi connectivity index (χ1n) is 7.30. The van der Waals surface area contributed by atoms with Gasteiger partial charge in [-0.25, -0.2) is 9.18 Å². The van der Waals surface area contributed by atoms with Crippen molar-refractivity contribution in [2.75, 3.05) is 5.32 Å². The van der Waals surface area contributed by atoms with E-state index in [0.717, 1.165) is 0 Å². The summed E-state index contributed by atoms with van der Waals surface area (Å²) in [7, 11) is 0. The summed E-state index contributed by atoms with van der Waals surface area (Å²) in [6.07, 6.45) is -1.10. The molecule has 7 nitrogen and oxygen atoms in total. The number of esters is 1. The van der Waals surface area contributed by atoms with Crippen LogP contribution >= 0.6 is 0 Å². The number of hydrogen-bond acceptors (Lipinski definition) is 5. The SMILES string of the molecule is Cc1cc(C(=O)OC(C)C(=O)Nc2ccc(F)cc2)ccc1[N+](=O)[O-]. The summed E-state index contributed by atoms with van der Waals surface area (Å²) in [5, 5.41) is 13.3. The molecule has 2 rings (SSSR count). The van der Waals surface area contributed by atoms with Gasteiger partial charge in [0.05, 0.1) is 10.5 Å². The Morgan fingerprint density at radius 2 is 1.84 bits per heavy atom. The number of rotatable bonds is 5. The standard InChI is InChI=1S/C17H15FN2O5/c1-10-9-12(3-8-15(10)20(23)24)17(22)25-11(2)16(21)19-14-6-4-13(18)5-7-14/h3-9,11H,1-2H3,(H,19,21). The molecule has 0 fully saturated rings. The van der Waals surface area contributed by atoms with Crippen LogP contribution in [0.3, 0.4) is 0 Å². The van der Waals surface area contributed by atoms with Gasteiger partial charge in [0, 0.05) is 17.3 Å². The second-order valence-electron chi connectivity index (χ2n) is 5.30. The van der Waals surface area contributed by atoms with E-state index in [1.165, 1.54) is 56.3 Å². The van der Waals surface area contributed by atoms with Gasteiger partial charge in [-0.1, -0.05) is 0 Å². The maximum Gasteiger partial charge on any atom is 0.338 e. The predicted octanol–water partition coefficient (Wildman–Crippen LogP) is 3.23. The van der Waals surface area contributed by atoms with Crippen molar-refractivity contribution in [1.82, 2.24) is 0 Å². The van der Waals surface area contributed by atoms with E-state index in [2.05, 4.69) is 5.32 Å². The number of nitrogens with one attached hydrogen (secondary N) is 1. The molecule has 0 aliphatic rings. The summed E-state index contributed by atoms with van der Waals surface area (Å²) < 4.78 is 17.9. The lowest BCUT2D eigenvalue weighted by Gasteiger charge is -2.13. The average molecular weight is 346 g/mol. The fourth-order valence-electron chi connectivity index (χ4n) is 2.05. The molecule has 1 amide bonds. The van der Waals surface area contributed by atoms with Crippen LogP contribution in [0, 0.1) is 22.9 Å². The molecule has 0 radical (unpaired) electrons. The lowest BCUT2D eigenvalue weighted by Crippen LogP contribution is -2.30. The Morgan fingerprint density at radius 1 is 1.20 bits per heavy atom. The number of anilines is 1. The second-order valence-corrected chi connectivity index (χ2v) is 5.30. The number of amides is 1. The molecule has 2 aromatic rings. The predicted molar refractivity (Wildman–Crippen MR) is 87.7 cm³/mol. The van der Waals surface area contributed by atoms with Crippen molar-refractivity contribution in [2.45, 2.75) is 20.0 Å². The molecule has 0 saturated heterocycles. The molecule has 8 heteroatoms. The number of benzene rings is 2. The first-order valence-corrected chi connectivity index (χ1v) is 7.30. The van der Waals surface area contributed by atoms with E-state index in [1.807, 2.05) is 0 Å². The van der Waals surface area contributed by atoms with Crippen LogP contribution in [-0.4, -0.2) is 22.9 Å². The van der Waals surface area contributed by atoms with Crippen LogP contribution in [0.4, 0.5) is 15.8 Å². The number of ether oxygens (including phenoxy) is 1. The average Bonchev–Trinajstić information content (AvgIpc) is 2.56. The van der Waals surface area contributed by atoms with Gasteiger partial charge in [0.15, 0.2) is 6.10 Å². The minimum atomic E-state index is -1.10. The fraction of sp³-hybridized carbons (Fsp3) is 0.176. The maximum atomic E-state index is 12.8. The molecule has 1 atom stereocenters. The quantitative estimate of drug-likeness (QED) is 0.509. The van der Waals surface area contributed by atoms with E-state index >= 15 is 0 Å². The van der Waals surface area contributed by atoms with Gasteiger partial charge in [-0.2, -0.15) is 0 Å². The van der Waals surface area contributed by atoms with Gasteiger partial charge in [-0.05, 0) is 50.2 Å². The number of nitro benzene ring substituents is 1. The van der Waals surface area contributed by atoms with Crippen molar-refractivity contribution >= 4 is 23.3 Å². The molecule has 0 aliphatic heterocycles. The van der Waals surface area contributed by atoms with Crippen LogP contribution in [-0.2, 0) is 9.53 Å². The molecule has 0 heterocycles. The topological polar surface area (TPSA) is 98.5 Å². The molecule has 0 saturated carbocycles. The Hall–Kier alpha value is -3.29. The zero-order valence-corrected chi connectivity index (χ0v) is 13.5. The number of carbonyl (C=O) groups is 2. The van der Waals surface area contributed by atoms with Crippen LogP contribution in [0.1, 0.15) is 22.8 Å². The summed E-state index contributed by atoms with van der Waals surface area (Å²) in [6, 6.07) is 8.92. The minimum Gasteiger partial charge on any atom is -0.449 e. The first-order chi connectivity index (χ1) is 11.8. The minimum absolute atomic E-state index is 0.101. The van der Waals surface area contributed by atoms with Crippen LogP contribution in [0.5, 0.6) is 0 Å². The monoisotopic (exact) mass is 346 g/mol. The summed E-state index contributed by atoms with van der Waals surface area (Å²) in [5.74, 6) is -1.80. The summed E-state index contributed by atoms with van der Waals surface area (Å²) in [6.45, 7) is 2.88. The Bertz CT molecular complexity index is 820. The van der Waals surface area contributed by atoms with Gasteiger partial charge in [0.1, 0.15) is 5.82 Å². The van der Waals surface area contributed by atoms with Gasteiger partial charge in [-0.15, -0.1) is 0 Å². The largest absolute Gasteiger partial charge is 0.449 e. The highest BCUT2D eigenvalue weighted by Gasteiger charge is 2.20. The van der Waals surface area contributed by atoms with Gasteiger partial charge in [-0.3, -0.25) is 14.9 Å². The van der Waals surface area contributed by atoms with E-state index in [0.29, 0.717) is 11.3 Å². The summed E-state index contributed by atoms with van der Waals surface area (Å²) in [4.78, 5) is 34.3. The number of nitrogens with zero attached hydrogens (tertiary/aromatic N) is 1. The Morgan fingerprint density at radius 3 is 2.40 bits per heavy atom.